The molecule has 15 heavy (non-hydrogen) atoms. The number of fused-ring (bicyclic) bond motifs is 1. The van der Waals surface area contributed by atoms with Gasteiger partial charge in [0.1, 0.15) is 0 Å². The molecule has 1 heterocycles. The average Bonchev–Trinajstić information content (AvgIpc) is 2.18. The zero-order chi connectivity index (χ0) is 10.8. The van der Waals surface area contributed by atoms with Crippen LogP contribution in [0.15, 0.2) is 18.2 Å². The van der Waals surface area contributed by atoms with Crippen LogP contribution in [0, 0.1) is 0 Å². The van der Waals surface area contributed by atoms with Gasteiger partial charge in [0.15, 0.2) is 0 Å². The summed E-state index contributed by atoms with van der Waals surface area (Å²) in [6.45, 7) is 1.50. The highest BCUT2D eigenvalue weighted by Crippen LogP contribution is 2.29. The molecule has 3 nitrogen and oxygen atoms in total. The van der Waals surface area contributed by atoms with Crippen molar-refractivity contribution in [2.75, 3.05) is 6.54 Å². The third-order valence-corrected chi connectivity index (χ3v) is 2.91. The van der Waals surface area contributed by atoms with Crippen molar-refractivity contribution in [1.82, 2.24) is 5.32 Å². The minimum Gasteiger partial charge on any atom is -0.481 e. The maximum absolute atomic E-state index is 10.7. The second kappa shape index (κ2) is 4.21. The molecule has 0 aromatic heterocycles. The quantitative estimate of drug-likeness (QED) is 0.810. The first kappa shape index (κ1) is 10.5. The highest BCUT2D eigenvalue weighted by atomic mass is 35.5. The molecule has 0 saturated carbocycles. The van der Waals surface area contributed by atoms with Crippen LogP contribution in [0.2, 0.25) is 5.02 Å². The molecule has 1 unspecified atom stereocenters. The van der Waals surface area contributed by atoms with Gasteiger partial charge in [-0.2, -0.15) is 0 Å². The summed E-state index contributed by atoms with van der Waals surface area (Å²) >= 11 is 5.91. The van der Waals surface area contributed by atoms with Crippen molar-refractivity contribution >= 4 is 17.6 Å². The van der Waals surface area contributed by atoms with E-state index >= 15 is 0 Å². The molecule has 1 aliphatic rings. The van der Waals surface area contributed by atoms with Crippen molar-refractivity contribution in [3.8, 4) is 0 Å². The lowest BCUT2D eigenvalue weighted by Crippen LogP contribution is -2.29. The molecular formula is C11H12ClNO2. The smallest absolute Gasteiger partial charge is 0.304 e. The van der Waals surface area contributed by atoms with Crippen LogP contribution in [0.25, 0.3) is 0 Å². The van der Waals surface area contributed by atoms with E-state index in [1.807, 2.05) is 18.2 Å². The second-order valence-electron chi connectivity index (χ2n) is 3.77. The first-order chi connectivity index (χ1) is 7.16. The molecule has 0 saturated heterocycles. The molecule has 1 aromatic carbocycles. The van der Waals surface area contributed by atoms with Crippen LogP contribution in [0.3, 0.4) is 0 Å². The summed E-state index contributed by atoms with van der Waals surface area (Å²) in [5.74, 6) is -0.737. The van der Waals surface area contributed by atoms with Gasteiger partial charge >= 0.3 is 5.97 Å². The highest BCUT2D eigenvalue weighted by molar-refractivity contribution is 6.30. The third kappa shape index (κ3) is 2.30. The Morgan fingerprint density at radius 2 is 2.40 bits per heavy atom. The van der Waals surface area contributed by atoms with E-state index in [4.69, 9.17) is 16.7 Å². The fraction of sp³-hybridized carbons (Fsp3) is 0.364. The number of benzene rings is 1. The van der Waals surface area contributed by atoms with Gasteiger partial charge in [-0.15, -0.1) is 0 Å². The van der Waals surface area contributed by atoms with Crippen LogP contribution in [-0.2, 0) is 11.3 Å². The molecule has 0 aliphatic carbocycles. The molecule has 2 N–H and O–H groups in total. The van der Waals surface area contributed by atoms with Crippen molar-refractivity contribution in [2.24, 2.45) is 0 Å². The number of hydrogen-bond donors (Lipinski definition) is 2. The number of nitrogens with one attached hydrogen (secondary N) is 1. The molecule has 80 valence electrons. The normalized spacial score (nSPS) is 19.7. The molecule has 2 rings (SSSR count). The zero-order valence-electron chi connectivity index (χ0n) is 8.16. The Balaban J connectivity index is 2.32. The van der Waals surface area contributed by atoms with E-state index in [0.29, 0.717) is 11.6 Å². The van der Waals surface area contributed by atoms with Gasteiger partial charge in [-0.05, 0) is 23.3 Å². The molecule has 0 bridgehead atoms. The summed E-state index contributed by atoms with van der Waals surface area (Å²) in [6.07, 6.45) is 0.153. The minimum absolute atomic E-state index is 0.0324. The van der Waals surface area contributed by atoms with Gasteiger partial charge in [0.2, 0.25) is 0 Å². The lowest BCUT2D eigenvalue weighted by molar-refractivity contribution is -0.137. The summed E-state index contributed by atoms with van der Waals surface area (Å²) in [6, 6.07) is 5.68. The van der Waals surface area contributed by atoms with E-state index in [1.54, 1.807) is 0 Å². The van der Waals surface area contributed by atoms with E-state index < -0.39 is 5.97 Å². The summed E-state index contributed by atoms with van der Waals surface area (Å²) in [7, 11) is 0. The lowest BCUT2D eigenvalue weighted by atomic mass is 9.88. The van der Waals surface area contributed by atoms with Crippen LogP contribution in [-0.4, -0.2) is 17.6 Å². The molecule has 1 atom stereocenters. The zero-order valence-corrected chi connectivity index (χ0v) is 8.92. The Bertz CT molecular complexity index is 392. The number of halogens is 1. The number of carboxylic acids is 1. The van der Waals surface area contributed by atoms with Crippen LogP contribution in [0.1, 0.15) is 23.5 Å². The Morgan fingerprint density at radius 1 is 1.60 bits per heavy atom. The number of carboxylic acid groups (broad SMARTS) is 1. The first-order valence-electron chi connectivity index (χ1n) is 4.87. The average molecular weight is 226 g/mol. The van der Waals surface area contributed by atoms with Gasteiger partial charge in [0.25, 0.3) is 0 Å². The van der Waals surface area contributed by atoms with Crippen LogP contribution in [0.5, 0.6) is 0 Å². The number of rotatable bonds is 2. The monoisotopic (exact) mass is 225 g/mol. The topological polar surface area (TPSA) is 49.3 Å². The Hall–Kier alpha value is -1.06. The predicted octanol–water partition coefficient (Wildman–Crippen LogP) is 2.00. The highest BCUT2D eigenvalue weighted by Gasteiger charge is 2.22. The number of hydrogen-bond acceptors (Lipinski definition) is 2. The summed E-state index contributed by atoms with van der Waals surface area (Å²) in [5.41, 5.74) is 2.22. The van der Waals surface area contributed by atoms with Crippen molar-refractivity contribution < 1.29 is 9.90 Å². The SMILES string of the molecule is O=C(O)CC1CNCc2ccc(Cl)cc21. The molecular weight excluding hydrogens is 214 g/mol. The maximum atomic E-state index is 10.7. The maximum Gasteiger partial charge on any atom is 0.304 e. The van der Waals surface area contributed by atoms with E-state index in [2.05, 4.69) is 5.32 Å². The lowest BCUT2D eigenvalue weighted by Gasteiger charge is -2.25. The predicted molar refractivity (Wildman–Crippen MR) is 58.2 cm³/mol. The Labute approximate surface area is 93.1 Å². The first-order valence-corrected chi connectivity index (χ1v) is 5.25. The van der Waals surface area contributed by atoms with Gasteiger partial charge in [0, 0.05) is 24.0 Å². The van der Waals surface area contributed by atoms with Gasteiger partial charge in [0.05, 0.1) is 6.42 Å². The number of aliphatic carboxylic acids is 1. The molecule has 0 fully saturated rings. The third-order valence-electron chi connectivity index (χ3n) is 2.67. The fourth-order valence-electron chi connectivity index (χ4n) is 1.99. The number of carbonyl (C=O) groups is 1. The van der Waals surface area contributed by atoms with Crippen molar-refractivity contribution in [2.45, 2.75) is 18.9 Å². The van der Waals surface area contributed by atoms with Gasteiger partial charge in [-0.3, -0.25) is 4.79 Å². The summed E-state index contributed by atoms with van der Waals surface area (Å²) in [5, 5.41) is 12.7. The largest absolute Gasteiger partial charge is 0.481 e. The van der Waals surface area contributed by atoms with E-state index in [1.165, 1.54) is 0 Å². The Morgan fingerprint density at radius 3 is 3.13 bits per heavy atom. The fourth-order valence-corrected chi connectivity index (χ4v) is 2.17. The van der Waals surface area contributed by atoms with E-state index in [9.17, 15) is 4.79 Å². The van der Waals surface area contributed by atoms with Gasteiger partial charge in [-0.25, -0.2) is 0 Å². The van der Waals surface area contributed by atoms with Crippen molar-refractivity contribution in [3.05, 3.63) is 34.3 Å². The standard InChI is InChI=1S/C11H12ClNO2/c12-9-2-1-7-5-13-6-8(3-11(14)15)10(7)4-9/h1-2,4,8,13H,3,5-6H2,(H,14,15). The summed E-state index contributed by atoms with van der Waals surface area (Å²) in [4.78, 5) is 10.7. The van der Waals surface area contributed by atoms with E-state index in [-0.39, 0.29) is 12.3 Å². The molecule has 0 radical (unpaired) electrons. The summed E-state index contributed by atoms with van der Waals surface area (Å²) < 4.78 is 0. The van der Waals surface area contributed by atoms with Crippen LogP contribution >= 0.6 is 11.6 Å². The van der Waals surface area contributed by atoms with Crippen LogP contribution in [0.4, 0.5) is 0 Å². The molecule has 0 amide bonds. The van der Waals surface area contributed by atoms with Gasteiger partial charge < -0.3 is 10.4 Å². The minimum atomic E-state index is -0.769. The molecule has 4 heteroatoms. The van der Waals surface area contributed by atoms with Gasteiger partial charge in [-0.1, -0.05) is 17.7 Å². The van der Waals surface area contributed by atoms with E-state index in [0.717, 1.165) is 17.7 Å². The molecule has 0 spiro atoms. The molecule has 1 aromatic rings. The van der Waals surface area contributed by atoms with Crippen molar-refractivity contribution in [1.29, 1.82) is 0 Å². The van der Waals surface area contributed by atoms with Crippen molar-refractivity contribution in [3.63, 3.8) is 0 Å². The second-order valence-corrected chi connectivity index (χ2v) is 4.21. The van der Waals surface area contributed by atoms with Crippen LogP contribution < -0.4 is 5.32 Å². The molecule has 1 aliphatic heterocycles. The Kier molecular flexibility index (Phi) is 2.93.